The average molecular weight is 485 g/mol. The van der Waals surface area contributed by atoms with Crippen molar-refractivity contribution in [3.8, 4) is 5.75 Å². The number of benzene rings is 2. The molecule has 0 saturated heterocycles. The predicted octanol–water partition coefficient (Wildman–Crippen LogP) is 1.08. The minimum Gasteiger partial charge on any atom is -1.00 e. The fourth-order valence-corrected chi connectivity index (χ4v) is 5.18. The minimum atomic E-state index is -2.87. The molecule has 2 aromatic carbocycles. The lowest BCUT2D eigenvalue weighted by atomic mass is 9.98. The molecular formula is C21H23BrF2N2O2S. The molecule has 8 heteroatoms. The van der Waals surface area contributed by atoms with Crippen molar-refractivity contribution in [2.24, 2.45) is 0 Å². The number of amidine groups is 1. The van der Waals surface area contributed by atoms with Gasteiger partial charge in [0.15, 0.2) is 6.54 Å². The summed E-state index contributed by atoms with van der Waals surface area (Å²) in [5.41, 5.74) is 2.52. The van der Waals surface area contributed by atoms with E-state index in [0.717, 1.165) is 40.7 Å². The topological polar surface area (TPSA) is 35.7 Å². The van der Waals surface area contributed by atoms with Gasteiger partial charge in [-0.3, -0.25) is 0 Å². The number of nitrogens with zero attached hydrogens (tertiary/aromatic N) is 2. The molecule has 2 aromatic rings. The molecule has 4 rings (SSSR count). The van der Waals surface area contributed by atoms with Gasteiger partial charge in [-0.05, 0) is 67.4 Å². The van der Waals surface area contributed by atoms with Crippen molar-refractivity contribution in [2.75, 3.05) is 23.7 Å². The Morgan fingerprint density at radius 2 is 1.79 bits per heavy atom. The average Bonchev–Trinajstić information content (AvgIpc) is 2.95. The summed E-state index contributed by atoms with van der Waals surface area (Å²) >= 11 is 1.75. The first kappa shape index (κ1) is 22.1. The Kier molecular flexibility index (Phi) is 6.55. The summed E-state index contributed by atoms with van der Waals surface area (Å²) in [6.45, 7) is 2.53. The summed E-state index contributed by atoms with van der Waals surface area (Å²) in [5, 5.41) is 12.9. The van der Waals surface area contributed by atoms with Crippen molar-refractivity contribution in [3.63, 3.8) is 0 Å². The molecular weight excluding hydrogens is 462 g/mol. The third-order valence-electron chi connectivity index (χ3n) is 5.25. The number of alkyl halides is 2. The van der Waals surface area contributed by atoms with Crippen LogP contribution >= 0.6 is 11.8 Å². The van der Waals surface area contributed by atoms with E-state index < -0.39 is 12.3 Å². The van der Waals surface area contributed by atoms with Gasteiger partial charge in [0.2, 0.25) is 0 Å². The highest BCUT2D eigenvalue weighted by atomic mass is 79.9. The Morgan fingerprint density at radius 3 is 2.41 bits per heavy atom. The Labute approximate surface area is 184 Å². The Balaban J connectivity index is 0.00000240. The second-order valence-electron chi connectivity index (χ2n) is 7.20. The van der Waals surface area contributed by atoms with Crippen LogP contribution in [-0.2, 0) is 5.72 Å². The summed E-state index contributed by atoms with van der Waals surface area (Å²) in [5.74, 6) is 1.09. The maximum atomic E-state index is 12.5. The van der Waals surface area contributed by atoms with Crippen LogP contribution in [0.1, 0.15) is 23.1 Å². The van der Waals surface area contributed by atoms with E-state index in [4.69, 9.17) is 0 Å². The van der Waals surface area contributed by atoms with Crippen molar-refractivity contribution < 1.29 is 40.2 Å². The number of hydrogen-bond acceptors (Lipinski definition) is 4. The standard InChI is InChI=1S/C21H23F2N2O2S.BrH/c1-14-5-3-6-15(2)18(14)25-20-24(11-4-12-28-20)13-21(25,26)16-7-9-17(10-8-16)27-19(22)23;/h3,5-10,19,26H,4,11-13H2,1-2H3;1H/q+1;/p-1. The zero-order valence-electron chi connectivity index (χ0n) is 16.2. The van der Waals surface area contributed by atoms with Crippen LogP contribution in [0.4, 0.5) is 14.5 Å². The van der Waals surface area contributed by atoms with Crippen LogP contribution < -0.4 is 26.6 Å². The monoisotopic (exact) mass is 484 g/mol. The van der Waals surface area contributed by atoms with E-state index in [2.05, 4.69) is 9.31 Å². The summed E-state index contributed by atoms with van der Waals surface area (Å²) in [6, 6.07) is 12.4. The fourth-order valence-electron chi connectivity index (χ4n) is 4.02. The van der Waals surface area contributed by atoms with E-state index in [0.29, 0.717) is 12.1 Å². The predicted molar refractivity (Wildman–Crippen MR) is 107 cm³/mol. The van der Waals surface area contributed by atoms with Crippen molar-refractivity contribution in [2.45, 2.75) is 32.6 Å². The van der Waals surface area contributed by atoms with Crippen LogP contribution in [0.15, 0.2) is 42.5 Å². The van der Waals surface area contributed by atoms with Crippen LogP contribution in [-0.4, -0.2) is 40.3 Å². The van der Waals surface area contributed by atoms with Gasteiger partial charge < -0.3 is 26.8 Å². The lowest BCUT2D eigenvalue weighted by Gasteiger charge is -2.30. The van der Waals surface area contributed by atoms with Gasteiger partial charge in [0, 0.05) is 11.3 Å². The molecule has 1 N–H and O–H groups in total. The van der Waals surface area contributed by atoms with Gasteiger partial charge in [-0.1, -0.05) is 18.2 Å². The molecule has 2 heterocycles. The number of rotatable bonds is 4. The van der Waals surface area contributed by atoms with E-state index in [1.807, 2.05) is 36.9 Å². The maximum Gasteiger partial charge on any atom is 0.387 e. The Hall–Kier alpha value is -1.64. The van der Waals surface area contributed by atoms with Crippen LogP contribution in [0.3, 0.4) is 0 Å². The fraction of sp³-hybridized carbons (Fsp3) is 0.381. The molecule has 0 radical (unpaired) electrons. The number of hydrogen-bond donors (Lipinski definition) is 1. The SMILES string of the molecule is Cc1cccc(C)c1N1C2=[N+](CCCS2)CC1(O)c1ccc(OC(F)F)cc1.[Br-]. The molecule has 0 fully saturated rings. The van der Waals surface area contributed by atoms with Gasteiger partial charge in [0.25, 0.3) is 5.72 Å². The third-order valence-corrected chi connectivity index (χ3v) is 6.44. The van der Waals surface area contributed by atoms with Crippen LogP contribution in [0, 0.1) is 13.8 Å². The normalized spacial score (nSPS) is 21.2. The van der Waals surface area contributed by atoms with Crippen molar-refractivity contribution >= 4 is 22.6 Å². The van der Waals surface area contributed by atoms with Crippen molar-refractivity contribution in [1.29, 1.82) is 0 Å². The first-order valence-corrected chi connectivity index (χ1v) is 10.3. The van der Waals surface area contributed by atoms with Gasteiger partial charge in [-0.15, -0.1) is 0 Å². The second kappa shape index (κ2) is 8.62. The van der Waals surface area contributed by atoms with E-state index in [1.54, 1.807) is 23.9 Å². The van der Waals surface area contributed by atoms with E-state index in [9.17, 15) is 13.9 Å². The molecule has 0 saturated carbocycles. The number of thioether (sulfide) groups is 1. The smallest absolute Gasteiger partial charge is 0.387 e. The second-order valence-corrected chi connectivity index (χ2v) is 8.26. The summed E-state index contributed by atoms with van der Waals surface area (Å²) in [4.78, 5) is 2.02. The molecule has 156 valence electrons. The number of para-hydroxylation sites is 1. The van der Waals surface area contributed by atoms with Gasteiger partial charge in [-0.2, -0.15) is 13.7 Å². The van der Waals surface area contributed by atoms with Gasteiger partial charge in [0.05, 0.1) is 6.54 Å². The summed E-state index contributed by atoms with van der Waals surface area (Å²) in [7, 11) is 0. The minimum absolute atomic E-state index is 0. The largest absolute Gasteiger partial charge is 1.00 e. The zero-order chi connectivity index (χ0) is 19.9. The molecule has 29 heavy (non-hydrogen) atoms. The van der Waals surface area contributed by atoms with Crippen LogP contribution in [0.2, 0.25) is 0 Å². The van der Waals surface area contributed by atoms with E-state index >= 15 is 0 Å². The molecule has 0 amide bonds. The quantitative estimate of drug-likeness (QED) is 0.658. The number of aryl methyl sites for hydroxylation is 2. The Morgan fingerprint density at radius 1 is 1.14 bits per heavy atom. The molecule has 2 aliphatic rings. The highest BCUT2D eigenvalue weighted by molar-refractivity contribution is 8.14. The van der Waals surface area contributed by atoms with Gasteiger partial charge in [0.1, 0.15) is 11.4 Å². The molecule has 0 aliphatic carbocycles. The van der Waals surface area contributed by atoms with Crippen molar-refractivity contribution in [3.05, 3.63) is 59.2 Å². The highest BCUT2D eigenvalue weighted by Crippen LogP contribution is 2.42. The maximum absolute atomic E-state index is 12.5. The van der Waals surface area contributed by atoms with Gasteiger partial charge >= 0.3 is 11.8 Å². The molecule has 0 aromatic heterocycles. The molecule has 2 aliphatic heterocycles. The number of halogens is 3. The van der Waals surface area contributed by atoms with Gasteiger partial charge in [-0.25, -0.2) is 4.58 Å². The zero-order valence-corrected chi connectivity index (χ0v) is 18.6. The summed E-state index contributed by atoms with van der Waals surface area (Å²) < 4.78 is 31.6. The lowest BCUT2D eigenvalue weighted by Crippen LogP contribution is -3.00. The molecule has 4 nitrogen and oxygen atoms in total. The van der Waals surface area contributed by atoms with Crippen LogP contribution in [0.5, 0.6) is 5.75 Å². The van der Waals surface area contributed by atoms with E-state index in [-0.39, 0.29) is 22.7 Å². The first-order valence-electron chi connectivity index (χ1n) is 9.29. The number of ether oxygens (including phenoxy) is 1. The third kappa shape index (κ3) is 4.02. The lowest BCUT2D eigenvalue weighted by molar-refractivity contribution is -0.532. The Bertz CT molecular complexity index is 903. The molecule has 0 spiro atoms. The first-order chi connectivity index (χ1) is 13.4. The highest BCUT2D eigenvalue weighted by Gasteiger charge is 2.55. The molecule has 0 bridgehead atoms. The number of anilines is 1. The van der Waals surface area contributed by atoms with Crippen LogP contribution in [0.25, 0.3) is 0 Å². The molecule has 1 atom stereocenters. The summed E-state index contributed by atoms with van der Waals surface area (Å²) in [6.07, 6.45) is 1.06. The number of aliphatic hydroxyl groups is 1. The van der Waals surface area contributed by atoms with Crippen molar-refractivity contribution in [1.82, 2.24) is 0 Å². The molecule has 1 unspecified atom stereocenters. The van der Waals surface area contributed by atoms with E-state index in [1.165, 1.54) is 12.1 Å².